The zero-order chi connectivity index (χ0) is 25.9. The van der Waals surface area contributed by atoms with E-state index in [1.54, 1.807) is 28.6 Å². The number of hydrogen-bond donors (Lipinski definition) is 1. The summed E-state index contributed by atoms with van der Waals surface area (Å²) < 4.78 is 1.80. The number of nitrogens with one attached hydrogen (secondary N) is 1. The van der Waals surface area contributed by atoms with Gasteiger partial charge in [-0.05, 0) is 61.1 Å². The SMILES string of the molecule is O=C(CSc1ncnc2sc3c(c12)CCCC3)N/N=C\c1nn(-c2ccccc2)cc1-c1ccc(Cl)cc1. The summed E-state index contributed by atoms with van der Waals surface area (Å²) in [4.78, 5) is 24.0. The van der Waals surface area contributed by atoms with Crippen LogP contribution in [0.4, 0.5) is 0 Å². The highest BCUT2D eigenvalue weighted by Gasteiger charge is 2.20. The molecule has 0 saturated carbocycles. The molecule has 7 nitrogen and oxygen atoms in total. The fraction of sp³-hybridized carbons (Fsp3) is 0.179. The first kappa shape index (κ1) is 24.8. The summed E-state index contributed by atoms with van der Waals surface area (Å²) in [5, 5.41) is 11.6. The number of amides is 1. The molecule has 1 aliphatic rings. The van der Waals surface area contributed by atoms with Crippen molar-refractivity contribution < 1.29 is 4.79 Å². The number of aryl methyl sites for hydroxylation is 2. The standard InChI is InChI=1S/C28H23ClN6OS2/c29-19-12-10-18(11-13-19)22-15-35(20-6-2-1-3-7-20)34-23(22)14-32-33-25(36)16-37-27-26-21-8-4-5-9-24(21)38-28(26)31-17-30-27/h1-3,6-7,10-15,17H,4-5,8-9,16H2,(H,33,36)/b32-14-. The summed E-state index contributed by atoms with van der Waals surface area (Å²) in [5.74, 6) is -0.00558. The highest BCUT2D eigenvalue weighted by atomic mass is 35.5. The van der Waals surface area contributed by atoms with Crippen LogP contribution in [0.15, 0.2) is 77.2 Å². The van der Waals surface area contributed by atoms with E-state index in [1.807, 2.05) is 60.8 Å². The Bertz CT molecular complexity index is 1630. The van der Waals surface area contributed by atoms with Crippen molar-refractivity contribution in [1.82, 2.24) is 25.2 Å². The minimum Gasteiger partial charge on any atom is -0.272 e. The van der Waals surface area contributed by atoms with Crippen molar-refractivity contribution in [2.45, 2.75) is 30.7 Å². The van der Waals surface area contributed by atoms with E-state index >= 15 is 0 Å². The Morgan fingerprint density at radius 1 is 1.11 bits per heavy atom. The number of hydrazone groups is 1. The number of nitrogens with zero attached hydrogens (tertiary/aromatic N) is 5. The van der Waals surface area contributed by atoms with E-state index in [0.717, 1.165) is 44.9 Å². The fourth-order valence-corrected chi connectivity index (χ4v) is 6.79. The van der Waals surface area contributed by atoms with Crippen molar-refractivity contribution >= 4 is 57.0 Å². The van der Waals surface area contributed by atoms with Crippen LogP contribution in [0.1, 0.15) is 29.0 Å². The van der Waals surface area contributed by atoms with Gasteiger partial charge in [0.05, 0.1) is 17.7 Å². The monoisotopic (exact) mass is 558 g/mol. The summed E-state index contributed by atoms with van der Waals surface area (Å²) in [6.07, 6.45) is 9.67. The molecule has 0 aliphatic heterocycles. The summed E-state index contributed by atoms with van der Waals surface area (Å²) in [6, 6.07) is 17.4. The lowest BCUT2D eigenvalue weighted by Crippen LogP contribution is -2.19. The molecule has 2 aromatic carbocycles. The highest BCUT2D eigenvalue weighted by Crippen LogP contribution is 2.39. The van der Waals surface area contributed by atoms with Gasteiger partial charge >= 0.3 is 0 Å². The lowest BCUT2D eigenvalue weighted by molar-refractivity contribution is -0.118. The minimum atomic E-state index is -0.211. The second-order valence-electron chi connectivity index (χ2n) is 8.87. The number of carbonyl (C=O) groups excluding carboxylic acids is 1. The second-order valence-corrected chi connectivity index (χ2v) is 11.4. The fourth-order valence-electron chi connectivity index (χ4n) is 4.55. The molecule has 1 aliphatic carbocycles. The molecule has 5 aromatic rings. The van der Waals surface area contributed by atoms with E-state index in [-0.39, 0.29) is 11.7 Å². The first-order valence-electron chi connectivity index (χ1n) is 12.3. The Morgan fingerprint density at radius 2 is 1.92 bits per heavy atom. The Hall–Kier alpha value is -3.53. The average Bonchev–Trinajstić information content (AvgIpc) is 3.55. The molecular formula is C28H23ClN6OS2. The van der Waals surface area contributed by atoms with E-state index in [4.69, 9.17) is 16.7 Å². The maximum atomic E-state index is 12.7. The molecule has 1 N–H and O–H groups in total. The maximum absolute atomic E-state index is 12.7. The molecule has 0 fully saturated rings. The molecule has 3 heterocycles. The zero-order valence-corrected chi connectivity index (χ0v) is 22.7. The Labute approximate surface area is 233 Å². The summed E-state index contributed by atoms with van der Waals surface area (Å²) in [6.45, 7) is 0. The third-order valence-corrected chi connectivity index (χ3v) is 8.79. The van der Waals surface area contributed by atoms with Gasteiger partial charge in [-0.2, -0.15) is 10.2 Å². The number of fused-ring (bicyclic) bond motifs is 3. The quantitative estimate of drug-likeness (QED) is 0.109. The van der Waals surface area contributed by atoms with E-state index in [1.165, 1.54) is 35.0 Å². The van der Waals surface area contributed by atoms with Gasteiger partial charge in [0.15, 0.2) is 0 Å². The van der Waals surface area contributed by atoms with E-state index in [0.29, 0.717) is 10.7 Å². The van der Waals surface area contributed by atoms with Crippen molar-refractivity contribution in [3.05, 3.63) is 88.3 Å². The van der Waals surface area contributed by atoms with Crippen molar-refractivity contribution in [2.24, 2.45) is 5.10 Å². The molecular weight excluding hydrogens is 536 g/mol. The molecule has 190 valence electrons. The van der Waals surface area contributed by atoms with E-state index in [9.17, 15) is 4.79 Å². The molecule has 0 atom stereocenters. The van der Waals surface area contributed by atoms with Gasteiger partial charge in [0.2, 0.25) is 5.91 Å². The smallest absolute Gasteiger partial charge is 0.250 e. The molecule has 0 saturated heterocycles. The number of hydrogen-bond acceptors (Lipinski definition) is 7. The van der Waals surface area contributed by atoms with Gasteiger partial charge in [-0.1, -0.05) is 53.7 Å². The molecule has 3 aromatic heterocycles. The van der Waals surface area contributed by atoms with Crippen LogP contribution in [0.2, 0.25) is 5.02 Å². The number of thiophene rings is 1. The number of para-hydroxylation sites is 1. The zero-order valence-electron chi connectivity index (χ0n) is 20.3. The number of halogens is 1. The number of benzene rings is 2. The molecule has 6 rings (SSSR count). The van der Waals surface area contributed by atoms with Crippen LogP contribution in [-0.4, -0.2) is 37.6 Å². The predicted molar refractivity (Wildman–Crippen MR) is 155 cm³/mol. The van der Waals surface area contributed by atoms with Crippen LogP contribution in [-0.2, 0) is 17.6 Å². The largest absolute Gasteiger partial charge is 0.272 e. The summed E-state index contributed by atoms with van der Waals surface area (Å²) in [5.41, 5.74) is 7.39. The second kappa shape index (κ2) is 11.1. The van der Waals surface area contributed by atoms with Crippen molar-refractivity contribution in [1.29, 1.82) is 0 Å². The Kier molecular flexibility index (Phi) is 7.22. The van der Waals surface area contributed by atoms with Crippen molar-refractivity contribution in [3.63, 3.8) is 0 Å². The van der Waals surface area contributed by atoms with Gasteiger partial charge in [-0.25, -0.2) is 20.1 Å². The molecule has 0 bridgehead atoms. The molecule has 10 heteroatoms. The lowest BCUT2D eigenvalue weighted by atomic mass is 9.97. The van der Waals surface area contributed by atoms with Gasteiger partial charge in [-0.15, -0.1) is 11.3 Å². The minimum absolute atomic E-state index is 0.205. The number of carbonyl (C=O) groups is 1. The van der Waals surface area contributed by atoms with Crippen LogP contribution in [0.5, 0.6) is 0 Å². The van der Waals surface area contributed by atoms with E-state index in [2.05, 4.69) is 20.5 Å². The summed E-state index contributed by atoms with van der Waals surface area (Å²) >= 11 is 9.27. The van der Waals surface area contributed by atoms with Crippen molar-refractivity contribution in [3.8, 4) is 16.8 Å². The number of thioether (sulfide) groups is 1. The molecule has 1 amide bonds. The van der Waals surface area contributed by atoms with Gasteiger partial charge in [0, 0.05) is 27.0 Å². The molecule has 38 heavy (non-hydrogen) atoms. The molecule has 0 radical (unpaired) electrons. The highest BCUT2D eigenvalue weighted by molar-refractivity contribution is 8.00. The maximum Gasteiger partial charge on any atom is 0.250 e. The van der Waals surface area contributed by atoms with Crippen LogP contribution in [0.3, 0.4) is 0 Å². The van der Waals surface area contributed by atoms with Crippen molar-refractivity contribution in [2.75, 3.05) is 5.75 Å². The average molecular weight is 559 g/mol. The topological polar surface area (TPSA) is 85.1 Å². The molecule has 0 unspecified atom stereocenters. The first-order chi connectivity index (χ1) is 18.7. The van der Waals surface area contributed by atoms with Gasteiger partial charge in [0.1, 0.15) is 21.9 Å². The third kappa shape index (κ3) is 5.22. The molecule has 0 spiro atoms. The lowest BCUT2D eigenvalue weighted by Gasteiger charge is -2.11. The Morgan fingerprint density at radius 3 is 2.76 bits per heavy atom. The normalized spacial score (nSPS) is 13.2. The van der Waals surface area contributed by atoms with Crippen LogP contribution >= 0.6 is 34.7 Å². The van der Waals surface area contributed by atoms with Gasteiger partial charge < -0.3 is 0 Å². The van der Waals surface area contributed by atoms with Crippen LogP contribution in [0.25, 0.3) is 27.0 Å². The number of aromatic nitrogens is 4. The Balaban J connectivity index is 1.18. The predicted octanol–water partition coefficient (Wildman–Crippen LogP) is 6.32. The van der Waals surface area contributed by atoms with E-state index < -0.39 is 0 Å². The third-order valence-electron chi connectivity index (χ3n) is 6.35. The summed E-state index contributed by atoms with van der Waals surface area (Å²) in [7, 11) is 0. The van der Waals surface area contributed by atoms with Gasteiger partial charge in [0.25, 0.3) is 0 Å². The number of rotatable bonds is 7. The van der Waals surface area contributed by atoms with Crippen LogP contribution in [0, 0.1) is 0 Å². The first-order valence-corrected chi connectivity index (χ1v) is 14.4. The van der Waals surface area contributed by atoms with Gasteiger partial charge in [-0.3, -0.25) is 4.79 Å². The van der Waals surface area contributed by atoms with Crippen LogP contribution < -0.4 is 5.43 Å².